The lowest BCUT2D eigenvalue weighted by atomic mass is 9.42. The molecule has 3 aliphatic carbocycles. The SMILES string of the molecule is COC(=O)[C@H](Cc1ccc(O)cc1)NCCCC(C)(O[C@H]1O[C@H](COC(C)=O)[C@@H](OC(C)=O)[C@H](OC(C)=O)C1OC(C)=O)C1CC[C@@](C)([C@]2(C)CCC3C(C)(C)[C@@H](OC(C)=O)CC[C@]3(C)C2)[C@@H]1COC(C)=O. The molecule has 4 fully saturated rings. The number of aromatic hydroxyl groups is 1. The lowest BCUT2D eigenvalue weighted by Crippen LogP contribution is -2.64. The Bertz CT molecular complexity index is 2110. The minimum atomic E-state index is -1.50. The van der Waals surface area contributed by atoms with E-state index in [9.17, 15) is 38.7 Å². The second-order valence-corrected chi connectivity index (χ2v) is 22.4. The largest absolute Gasteiger partial charge is 0.508 e. The fourth-order valence-corrected chi connectivity index (χ4v) is 13.5. The molecule has 0 bridgehead atoms. The number of carbonyl (C=O) groups excluding carboxylic acids is 7. The Morgan fingerprint density at radius 2 is 1.32 bits per heavy atom. The van der Waals surface area contributed by atoms with Crippen molar-refractivity contribution in [1.29, 1.82) is 0 Å². The van der Waals surface area contributed by atoms with Gasteiger partial charge in [-0.05, 0) is 123 Å². The van der Waals surface area contributed by atoms with E-state index >= 15 is 0 Å². The van der Waals surface area contributed by atoms with Crippen LogP contribution in [0.2, 0.25) is 0 Å². The molecule has 18 nitrogen and oxygen atoms in total. The van der Waals surface area contributed by atoms with Gasteiger partial charge in [-0.15, -0.1) is 0 Å². The van der Waals surface area contributed by atoms with Gasteiger partial charge in [0.15, 0.2) is 24.6 Å². The van der Waals surface area contributed by atoms with E-state index in [-0.39, 0.29) is 64.8 Å². The number of nitrogens with one attached hydrogen (secondary N) is 1. The smallest absolute Gasteiger partial charge is 0.323 e. The summed E-state index contributed by atoms with van der Waals surface area (Å²) in [7, 11) is 1.31. The number of carbonyl (C=O) groups is 7. The van der Waals surface area contributed by atoms with Gasteiger partial charge >= 0.3 is 41.8 Å². The van der Waals surface area contributed by atoms with Gasteiger partial charge in [-0.2, -0.15) is 0 Å². The average molecular weight is 1020 g/mol. The van der Waals surface area contributed by atoms with E-state index in [4.69, 9.17) is 42.6 Å². The Labute approximate surface area is 424 Å². The first-order chi connectivity index (χ1) is 33.6. The maximum Gasteiger partial charge on any atom is 0.323 e. The van der Waals surface area contributed by atoms with Crippen molar-refractivity contribution >= 4 is 41.8 Å². The second kappa shape index (κ2) is 23.6. The minimum Gasteiger partial charge on any atom is -0.508 e. The van der Waals surface area contributed by atoms with Crippen LogP contribution in [0.25, 0.3) is 0 Å². The van der Waals surface area contributed by atoms with Crippen LogP contribution in [0.3, 0.4) is 0 Å². The van der Waals surface area contributed by atoms with Gasteiger partial charge in [-0.3, -0.25) is 33.6 Å². The zero-order valence-electron chi connectivity index (χ0n) is 44.8. The van der Waals surface area contributed by atoms with Gasteiger partial charge in [0, 0.05) is 52.9 Å². The third-order valence-corrected chi connectivity index (χ3v) is 17.0. The number of benzene rings is 1. The maximum absolute atomic E-state index is 13.1. The number of methoxy groups -OCH3 is 1. The molecular formula is C54H81NO17. The van der Waals surface area contributed by atoms with Crippen molar-refractivity contribution in [3.63, 3.8) is 0 Å². The predicted octanol–water partition coefficient (Wildman–Crippen LogP) is 6.86. The first kappa shape index (κ1) is 58.1. The monoisotopic (exact) mass is 1020 g/mol. The highest BCUT2D eigenvalue weighted by atomic mass is 16.7. The van der Waals surface area contributed by atoms with Crippen LogP contribution in [0, 0.1) is 39.4 Å². The fraction of sp³-hybridized carbons (Fsp3) is 0.759. The van der Waals surface area contributed by atoms with Gasteiger partial charge in [0.2, 0.25) is 0 Å². The van der Waals surface area contributed by atoms with Gasteiger partial charge in [-0.25, -0.2) is 0 Å². The molecule has 3 saturated carbocycles. The molecule has 4 unspecified atom stereocenters. The van der Waals surface area contributed by atoms with Crippen molar-refractivity contribution in [3.05, 3.63) is 29.8 Å². The van der Waals surface area contributed by atoms with Crippen LogP contribution in [0.15, 0.2) is 24.3 Å². The number of esters is 7. The van der Waals surface area contributed by atoms with E-state index in [0.717, 1.165) is 57.9 Å². The summed E-state index contributed by atoms with van der Waals surface area (Å²) in [6.45, 7) is 20.8. The van der Waals surface area contributed by atoms with Crippen LogP contribution in [-0.2, 0) is 82.6 Å². The highest BCUT2D eigenvalue weighted by Crippen LogP contribution is 2.70. The highest BCUT2D eigenvalue weighted by Gasteiger charge is 2.65. The summed E-state index contributed by atoms with van der Waals surface area (Å²) in [5, 5.41) is 13.2. The van der Waals surface area contributed by atoms with Crippen LogP contribution in [0.4, 0.5) is 0 Å². The Hall–Kier alpha value is -4.81. The molecule has 0 aromatic heterocycles. The average Bonchev–Trinajstić information content (AvgIpc) is 3.64. The van der Waals surface area contributed by atoms with E-state index in [1.807, 2.05) is 6.92 Å². The van der Waals surface area contributed by atoms with Crippen molar-refractivity contribution < 1.29 is 81.3 Å². The molecule has 4 aliphatic rings. The normalized spacial score (nSPS) is 33.2. The maximum atomic E-state index is 13.1. The van der Waals surface area contributed by atoms with Crippen LogP contribution in [-0.4, -0.2) is 122 Å². The van der Waals surface area contributed by atoms with Crippen molar-refractivity contribution in [1.82, 2.24) is 5.32 Å². The fourth-order valence-electron chi connectivity index (χ4n) is 13.5. The Kier molecular flexibility index (Phi) is 19.0. The third kappa shape index (κ3) is 13.5. The molecule has 0 spiro atoms. The van der Waals surface area contributed by atoms with Crippen LogP contribution in [0.1, 0.15) is 146 Å². The Morgan fingerprint density at radius 3 is 1.90 bits per heavy atom. The Balaban J connectivity index is 1.58. The van der Waals surface area contributed by atoms with Gasteiger partial charge < -0.3 is 53.1 Å². The van der Waals surface area contributed by atoms with Gasteiger partial charge in [0.1, 0.15) is 30.6 Å². The quantitative estimate of drug-likeness (QED) is 0.0771. The minimum absolute atomic E-state index is 0.0685. The molecule has 14 atom stereocenters. The van der Waals surface area contributed by atoms with Crippen LogP contribution < -0.4 is 5.32 Å². The number of fused-ring (bicyclic) bond motifs is 1. The van der Waals surface area contributed by atoms with Crippen molar-refractivity contribution in [2.45, 2.75) is 196 Å². The molecule has 18 heteroatoms. The Morgan fingerprint density at radius 1 is 0.736 bits per heavy atom. The van der Waals surface area contributed by atoms with Crippen molar-refractivity contribution in [3.8, 4) is 5.75 Å². The molecule has 0 amide bonds. The molecule has 404 valence electrons. The first-order valence-electron chi connectivity index (χ1n) is 25.5. The number of ether oxygens (including phenoxy) is 9. The predicted molar refractivity (Wildman–Crippen MR) is 259 cm³/mol. The summed E-state index contributed by atoms with van der Waals surface area (Å²) in [5.41, 5.74) is -1.51. The molecule has 1 heterocycles. The molecule has 1 aromatic rings. The lowest BCUT2D eigenvalue weighted by molar-refractivity contribution is -0.337. The van der Waals surface area contributed by atoms with Crippen molar-refractivity contribution in [2.75, 3.05) is 26.9 Å². The number of hydrogen-bond acceptors (Lipinski definition) is 18. The summed E-state index contributed by atoms with van der Waals surface area (Å²) < 4.78 is 53.8. The molecule has 0 radical (unpaired) electrons. The summed E-state index contributed by atoms with van der Waals surface area (Å²) in [6, 6.07) is 5.81. The summed E-state index contributed by atoms with van der Waals surface area (Å²) in [4.78, 5) is 88.9. The lowest BCUT2D eigenvalue weighted by Gasteiger charge is -2.63. The molecule has 2 N–H and O–H groups in total. The van der Waals surface area contributed by atoms with Gasteiger partial charge in [0.25, 0.3) is 0 Å². The van der Waals surface area contributed by atoms with Gasteiger partial charge in [0.05, 0.1) is 19.3 Å². The summed E-state index contributed by atoms with van der Waals surface area (Å²) in [6.07, 6.45) is -0.732. The number of phenolic OH excluding ortho intramolecular Hbond substituents is 1. The van der Waals surface area contributed by atoms with Crippen LogP contribution >= 0.6 is 0 Å². The number of rotatable bonds is 20. The van der Waals surface area contributed by atoms with E-state index in [1.165, 1.54) is 34.8 Å². The third-order valence-electron chi connectivity index (χ3n) is 17.0. The van der Waals surface area contributed by atoms with Crippen molar-refractivity contribution in [2.24, 2.45) is 39.4 Å². The molecule has 1 aliphatic heterocycles. The summed E-state index contributed by atoms with van der Waals surface area (Å²) >= 11 is 0. The molecule has 5 rings (SSSR count). The topological polar surface area (TPSA) is 235 Å². The van der Waals surface area contributed by atoms with E-state index in [2.05, 4.69) is 39.9 Å². The van der Waals surface area contributed by atoms with E-state index in [0.29, 0.717) is 25.8 Å². The standard InChI is InChI=1S/C54H81NO17/c1-31(56)65-28-40-39(19-25-53(40,11)52(10)24-20-43-50(7,8)44(67-33(3)58)21-23-51(43,9)30-52)54(12,22-14-26-55-41(48(63)64-13)27-37-15-17-38(62)18-16-37)72-49-47(70-36(6)61)46(69-35(5)60)45(68-34(4)59)42(71-49)29-66-32(2)57/h15-18,39-47,49,55,62H,14,19-30H2,1-13H3/t39?,40-,41+,42-,43?,44+,45-,46+,47?,49-,51-,52-,53-,54?/m1/s1. The second-order valence-electron chi connectivity index (χ2n) is 22.4. The molecular weight excluding hydrogens is 935 g/mol. The molecule has 72 heavy (non-hydrogen) atoms. The molecule has 1 saturated heterocycles. The number of phenols is 1. The number of hydrogen-bond donors (Lipinski definition) is 2. The first-order valence-corrected chi connectivity index (χ1v) is 25.5. The molecule has 1 aromatic carbocycles. The summed E-state index contributed by atoms with van der Waals surface area (Å²) in [5.74, 6) is -4.48. The zero-order chi connectivity index (χ0) is 53.6. The van der Waals surface area contributed by atoms with E-state index < -0.39 is 90.2 Å². The van der Waals surface area contributed by atoms with Gasteiger partial charge in [-0.1, -0.05) is 46.8 Å². The highest BCUT2D eigenvalue weighted by molar-refractivity contribution is 5.76. The van der Waals surface area contributed by atoms with E-state index in [1.54, 1.807) is 24.3 Å². The zero-order valence-corrected chi connectivity index (χ0v) is 44.8. The van der Waals surface area contributed by atoms with Crippen LogP contribution in [0.5, 0.6) is 5.75 Å².